The standard InChI is InChI=1S/C23H24FN5S/c1-17(28-13-3-2-4-14-28)22-26-27-23(29(22)21-11-9-20(24)10-12-21)30-16-19-7-5-18(15-25)6-8-19/h5-12,17H,2-4,13-14,16H2,1H3/t17-/m0/s1. The average Bonchev–Trinajstić information content (AvgIpc) is 3.22. The van der Waals surface area contributed by atoms with Gasteiger partial charge in [0, 0.05) is 11.4 Å². The third-order valence-electron chi connectivity index (χ3n) is 5.51. The molecule has 0 aliphatic carbocycles. The first kappa shape index (κ1) is 20.6. The first-order chi connectivity index (χ1) is 14.7. The lowest BCUT2D eigenvalue weighted by Gasteiger charge is -2.31. The monoisotopic (exact) mass is 421 g/mol. The molecule has 30 heavy (non-hydrogen) atoms. The minimum Gasteiger partial charge on any atom is -0.294 e. The van der Waals surface area contributed by atoms with E-state index in [2.05, 4.69) is 28.1 Å². The molecule has 0 amide bonds. The van der Waals surface area contributed by atoms with Crippen molar-refractivity contribution in [3.8, 4) is 11.8 Å². The largest absolute Gasteiger partial charge is 0.294 e. The second-order valence-corrected chi connectivity index (χ2v) is 8.47. The number of hydrogen-bond donors (Lipinski definition) is 0. The van der Waals surface area contributed by atoms with E-state index >= 15 is 0 Å². The fourth-order valence-electron chi connectivity index (χ4n) is 3.77. The van der Waals surface area contributed by atoms with E-state index in [4.69, 9.17) is 5.26 Å². The van der Waals surface area contributed by atoms with Gasteiger partial charge in [0.25, 0.3) is 0 Å². The van der Waals surface area contributed by atoms with Crippen LogP contribution in [-0.2, 0) is 5.75 Å². The molecule has 1 aromatic heterocycles. The lowest BCUT2D eigenvalue weighted by atomic mass is 10.1. The highest BCUT2D eigenvalue weighted by Crippen LogP contribution is 2.30. The van der Waals surface area contributed by atoms with Crippen molar-refractivity contribution in [3.05, 3.63) is 71.3 Å². The first-order valence-corrected chi connectivity index (χ1v) is 11.2. The van der Waals surface area contributed by atoms with Gasteiger partial charge >= 0.3 is 0 Å². The van der Waals surface area contributed by atoms with Crippen LogP contribution in [0.15, 0.2) is 53.7 Å². The molecule has 1 aliphatic rings. The Hall–Kier alpha value is -2.69. The molecule has 0 radical (unpaired) electrons. The number of likely N-dealkylation sites (tertiary alicyclic amines) is 1. The summed E-state index contributed by atoms with van der Waals surface area (Å²) < 4.78 is 15.6. The number of halogens is 1. The quantitative estimate of drug-likeness (QED) is 0.517. The molecule has 0 spiro atoms. The van der Waals surface area contributed by atoms with Crippen molar-refractivity contribution in [3.63, 3.8) is 0 Å². The van der Waals surface area contributed by atoms with E-state index in [1.165, 1.54) is 31.4 Å². The SMILES string of the molecule is C[C@@H](c1nnc(SCc2ccc(C#N)cc2)n1-c1ccc(F)cc1)N1CCCCC1. The molecule has 1 aliphatic heterocycles. The number of thioether (sulfide) groups is 1. The Balaban J connectivity index is 1.62. The maximum atomic E-state index is 13.5. The van der Waals surface area contributed by atoms with E-state index in [0.717, 1.165) is 35.3 Å². The van der Waals surface area contributed by atoms with Crippen LogP contribution >= 0.6 is 11.8 Å². The van der Waals surface area contributed by atoms with Crippen LogP contribution in [0.4, 0.5) is 4.39 Å². The van der Waals surface area contributed by atoms with Crippen LogP contribution in [0.5, 0.6) is 0 Å². The van der Waals surface area contributed by atoms with Gasteiger partial charge in [-0.3, -0.25) is 9.47 Å². The zero-order valence-electron chi connectivity index (χ0n) is 17.0. The van der Waals surface area contributed by atoms with Crippen LogP contribution < -0.4 is 0 Å². The number of nitrogens with zero attached hydrogens (tertiary/aromatic N) is 5. The predicted octanol–water partition coefficient (Wildman–Crippen LogP) is 5.12. The Morgan fingerprint density at radius 3 is 2.40 bits per heavy atom. The van der Waals surface area contributed by atoms with Gasteiger partial charge in [0.05, 0.1) is 17.7 Å². The van der Waals surface area contributed by atoms with E-state index in [1.807, 2.05) is 28.8 Å². The minimum absolute atomic E-state index is 0.132. The number of nitriles is 1. The van der Waals surface area contributed by atoms with Gasteiger partial charge in [-0.1, -0.05) is 30.3 Å². The predicted molar refractivity (Wildman–Crippen MR) is 116 cm³/mol. The van der Waals surface area contributed by atoms with Gasteiger partial charge in [0.2, 0.25) is 0 Å². The second kappa shape index (κ2) is 9.41. The number of aromatic nitrogens is 3. The normalized spacial score (nSPS) is 15.6. The third kappa shape index (κ3) is 4.55. The molecule has 1 fully saturated rings. The van der Waals surface area contributed by atoms with Crippen LogP contribution in [0.2, 0.25) is 0 Å². The van der Waals surface area contributed by atoms with Crippen LogP contribution in [0.25, 0.3) is 5.69 Å². The van der Waals surface area contributed by atoms with E-state index in [0.29, 0.717) is 11.3 Å². The molecule has 4 rings (SSSR count). The molecule has 0 bridgehead atoms. The van der Waals surface area contributed by atoms with Crippen molar-refractivity contribution in [2.45, 2.75) is 43.1 Å². The summed E-state index contributed by atoms with van der Waals surface area (Å²) in [4.78, 5) is 2.45. The van der Waals surface area contributed by atoms with Crippen molar-refractivity contribution in [2.75, 3.05) is 13.1 Å². The maximum absolute atomic E-state index is 13.5. The summed E-state index contributed by atoms with van der Waals surface area (Å²) in [6, 6.07) is 16.3. The number of benzene rings is 2. The van der Waals surface area contributed by atoms with Gasteiger partial charge in [-0.25, -0.2) is 4.39 Å². The van der Waals surface area contributed by atoms with E-state index in [-0.39, 0.29) is 11.9 Å². The molecular weight excluding hydrogens is 397 g/mol. The van der Waals surface area contributed by atoms with Crippen molar-refractivity contribution < 1.29 is 4.39 Å². The van der Waals surface area contributed by atoms with Crippen LogP contribution in [0, 0.1) is 17.1 Å². The second-order valence-electron chi connectivity index (χ2n) is 7.52. The van der Waals surface area contributed by atoms with E-state index in [1.54, 1.807) is 23.9 Å². The zero-order chi connectivity index (χ0) is 20.9. The Kier molecular flexibility index (Phi) is 6.46. The molecular formula is C23H24FN5S. The summed E-state index contributed by atoms with van der Waals surface area (Å²) in [6.07, 6.45) is 3.68. The molecule has 1 saturated heterocycles. The lowest BCUT2D eigenvalue weighted by Crippen LogP contribution is -2.33. The van der Waals surface area contributed by atoms with E-state index in [9.17, 15) is 4.39 Å². The molecule has 0 saturated carbocycles. The van der Waals surface area contributed by atoms with Gasteiger partial charge in [-0.15, -0.1) is 10.2 Å². The number of hydrogen-bond acceptors (Lipinski definition) is 5. The number of piperidine rings is 1. The summed E-state index contributed by atoms with van der Waals surface area (Å²) in [5, 5.41) is 18.8. The Labute approximate surface area is 180 Å². The fraction of sp³-hybridized carbons (Fsp3) is 0.348. The first-order valence-electron chi connectivity index (χ1n) is 10.2. The maximum Gasteiger partial charge on any atom is 0.196 e. The third-order valence-corrected chi connectivity index (χ3v) is 6.51. The zero-order valence-corrected chi connectivity index (χ0v) is 17.8. The topological polar surface area (TPSA) is 57.7 Å². The number of rotatable bonds is 6. The van der Waals surface area contributed by atoms with Crippen LogP contribution in [0.3, 0.4) is 0 Å². The fourth-order valence-corrected chi connectivity index (χ4v) is 4.69. The highest BCUT2D eigenvalue weighted by Gasteiger charge is 2.25. The smallest absolute Gasteiger partial charge is 0.196 e. The Morgan fingerprint density at radius 2 is 1.73 bits per heavy atom. The molecule has 0 N–H and O–H groups in total. The summed E-state index contributed by atoms with van der Waals surface area (Å²) in [7, 11) is 0. The summed E-state index contributed by atoms with van der Waals surface area (Å²) in [5.74, 6) is 1.33. The van der Waals surface area contributed by atoms with Crippen molar-refractivity contribution in [1.82, 2.24) is 19.7 Å². The van der Waals surface area contributed by atoms with Crippen molar-refractivity contribution in [1.29, 1.82) is 5.26 Å². The molecule has 3 aromatic rings. The summed E-state index contributed by atoms with van der Waals surface area (Å²) >= 11 is 1.59. The minimum atomic E-state index is -0.260. The lowest BCUT2D eigenvalue weighted by molar-refractivity contribution is 0.167. The molecule has 2 heterocycles. The molecule has 1 atom stereocenters. The molecule has 7 heteroatoms. The molecule has 5 nitrogen and oxygen atoms in total. The van der Waals surface area contributed by atoms with Crippen molar-refractivity contribution in [2.24, 2.45) is 0 Å². The Bertz CT molecular complexity index is 1020. The van der Waals surface area contributed by atoms with Gasteiger partial charge < -0.3 is 0 Å². The highest BCUT2D eigenvalue weighted by molar-refractivity contribution is 7.98. The van der Waals surface area contributed by atoms with Crippen molar-refractivity contribution >= 4 is 11.8 Å². The van der Waals surface area contributed by atoms with E-state index < -0.39 is 0 Å². The highest BCUT2D eigenvalue weighted by atomic mass is 32.2. The van der Waals surface area contributed by atoms with Crippen LogP contribution in [0.1, 0.15) is 49.2 Å². The average molecular weight is 422 g/mol. The molecule has 154 valence electrons. The van der Waals surface area contributed by atoms with Gasteiger partial charge in [-0.05, 0) is 74.8 Å². The summed E-state index contributed by atoms with van der Waals surface area (Å²) in [6.45, 7) is 4.29. The summed E-state index contributed by atoms with van der Waals surface area (Å²) in [5.41, 5.74) is 2.62. The van der Waals surface area contributed by atoms with Gasteiger partial charge in [-0.2, -0.15) is 5.26 Å². The van der Waals surface area contributed by atoms with Gasteiger partial charge in [0.15, 0.2) is 11.0 Å². The molecule has 2 aromatic carbocycles. The molecule has 0 unspecified atom stereocenters. The van der Waals surface area contributed by atoms with Gasteiger partial charge in [0.1, 0.15) is 5.82 Å². The van der Waals surface area contributed by atoms with Crippen LogP contribution in [-0.4, -0.2) is 32.8 Å². The Morgan fingerprint density at radius 1 is 1.03 bits per heavy atom.